The SMILES string of the molecule is COc1cc(F)c([N+](=O)[O-])c(NCC(C)CCO)c1. The molecular weight excluding hydrogens is 255 g/mol. The minimum absolute atomic E-state index is 0.0391. The molecular formula is C12H17FN2O4. The maximum absolute atomic E-state index is 13.6. The standard InChI is InChI=1S/C12H17FN2O4/c1-8(3-4-16)7-14-11-6-9(19-2)5-10(13)12(11)15(17)18/h5-6,8,14,16H,3-4,7H2,1-2H3. The van der Waals surface area contributed by atoms with E-state index in [0.717, 1.165) is 6.07 Å². The summed E-state index contributed by atoms with van der Waals surface area (Å²) in [5.41, 5.74) is -0.524. The van der Waals surface area contributed by atoms with Crippen LogP contribution in [-0.4, -0.2) is 30.3 Å². The lowest BCUT2D eigenvalue weighted by atomic mass is 10.1. The number of hydrogen-bond donors (Lipinski definition) is 2. The van der Waals surface area contributed by atoms with Crippen LogP contribution in [0.2, 0.25) is 0 Å². The third-order valence-electron chi connectivity index (χ3n) is 2.72. The van der Waals surface area contributed by atoms with Gasteiger partial charge in [0.05, 0.1) is 12.0 Å². The van der Waals surface area contributed by atoms with Crippen molar-refractivity contribution in [2.24, 2.45) is 5.92 Å². The Labute approximate surface area is 110 Å². The fourth-order valence-electron chi connectivity index (χ4n) is 1.62. The van der Waals surface area contributed by atoms with Gasteiger partial charge in [0.1, 0.15) is 11.4 Å². The maximum Gasteiger partial charge on any atom is 0.327 e. The van der Waals surface area contributed by atoms with Crippen LogP contribution in [0.15, 0.2) is 12.1 Å². The molecule has 7 heteroatoms. The monoisotopic (exact) mass is 272 g/mol. The van der Waals surface area contributed by atoms with Crippen molar-refractivity contribution < 1.29 is 19.2 Å². The number of nitro groups is 1. The number of ether oxygens (including phenoxy) is 1. The normalized spacial score (nSPS) is 12.0. The van der Waals surface area contributed by atoms with Gasteiger partial charge in [-0.2, -0.15) is 4.39 Å². The quantitative estimate of drug-likeness (QED) is 0.587. The molecule has 106 valence electrons. The smallest absolute Gasteiger partial charge is 0.327 e. The van der Waals surface area contributed by atoms with E-state index in [9.17, 15) is 14.5 Å². The number of benzene rings is 1. The number of nitrogens with zero attached hydrogens (tertiary/aromatic N) is 1. The molecule has 0 heterocycles. The molecule has 1 aromatic rings. The predicted octanol–water partition coefficient (Wildman–Crippen LogP) is 2.17. The van der Waals surface area contributed by atoms with Gasteiger partial charge in [-0.15, -0.1) is 0 Å². The average Bonchev–Trinajstić information content (AvgIpc) is 2.35. The van der Waals surface area contributed by atoms with E-state index in [4.69, 9.17) is 9.84 Å². The van der Waals surface area contributed by atoms with Gasteiger partial charge in [-0.05, 0) is 12.3 Å². The summed E-state index contributed by atoms with van der Waals surface area (Å²) in [7, 11) is 1.36. The van der Waals surface area contributed by atoms with Crippen LogP contribution in [0, 0.1) is 21.8 Å². The van der Waals surface area contributed by atoms with E-state index in [1.807, 2.05) is 6.92 Å². The van der Waals surface area contributed by atoms with Crippen LogP contribution in [0.1, 0.15) is 13.3 Å². The lowest BCUT2D eigenvalue weighted by Gasteiger charge is -2.13. The Balaban J connectivity index is 2.96. The Morgan fingerprint density at radius 2 is 2.26 bits per heavy atom. The Hall–Kier alpha value is -1.89. The van der Waals surface area contributed by atoms with Crippen molar-refractivity contribution in [1.29, 1.82) is 0 Å². The molecule has 0 aliphatic rings. The number of aliphatic hydroxyl groups excluding tert-OH is 1. The molecule has 6 nitrogen and oxygen atoms in total. The van der Waals surface area contributed by atoms with Crippen LogP contribution in [0.5, 0.6) is 5.75 Å². The Kier molecular flexibility index (Phi) is 5.50. The zero-order valence-electron chi connectivity index (χ0n) is 10.9. The zero-order valence-corrected chi connectivity index (χ0v) is 10.9. The van der Waals surface area contributed by atoms with Gasteiger partial charge in [-0.1, -0.05) is 6.92 Å². The first-order valence-corrected chi connectivity index (χ1v) is 5.86. The summed E-state index contributed by atoms with van der Waals surface area (Å²) in [5.74, 6) is -0.624. The van der Waals surface area contributed by atoms with Crippen LogP contribution >= 0.6 is 0 Å². The summed E-state index contributed by atoms with van der Waals surface area (Å²) in [6.45, 7) is 2.32. The summed E-state index contributed by atoms with van der Waals surface area (Å²) in [6.07, 6.45) is 0.563. The van der Waals surface area contributed by atoms with E-state index in [-0.39, 0.29) is 24.0 Å². The average molecular weight is 272 g/mol. The molecule has 0 bridgehead atoms. The number of hydrogen-bond acceptors (Lipinski definition) is 5. The van der Waals surface area contributed by atoms with Gasteiger partial charge in [0.2, 0.25) is 5.82 Å². The summed E-state index contributed by atoms with van der Waals surface area (Å²) in [4.78, 5) is 10.1. The molecule has 0 aliphatic carbocycles. The number of nitro benzene ring substituents is 1. The number of aliphatic hydroxyl groups is 1. The summed E-state index contributed by atoms with van der Waals surface area (Å²) >= 11 is 0. The first-order valence-electron chi connectivity index (χ1n) is 5.86. The lowest BCUT2D eigenvalue weighted by molar-refractivity contribution is -0.386. The second-order valence-electron chi connectivity index (χ2n) is 4.26. The van der Waals surface area contributed by atoms with Crippen LogP contribution in [0.3, 0.4) is 0 Å². The van der Waals surface area contributed by atoms with Crippen molar-refractivity contribution in [3.63, 3.8) is 0 Å². The topological polar surface area (TPSA) is 84.6 Å². The minimum atomic E-state index is -0.943. The van der Waals surface area contributed by atoms with Crippen molar-refractivity contribution in [3.8, 4) is 5.75 Å². The van der Waals surface area contributed by atoms with Gasteiger partial charge in [0, 0.05) is 25.3 Å². The highest BCUT2D eigenvalue weighted by atomic mass is 19.1. The highest BCUT2D eigenvalue weighted by molar-refractivity contribution is 5.65. The predicted molar refractivity (Wildman–Crippen MR) is 69.0 cm³/mol. The molecule has 1 aromatic carbocycles. The molecule has 0 fully saturated rings. The second-order valence-corrected chi connectivity index (χ2v) is 4.26. The highest BCUT2D eigenvalue weighted by Gasteiger charge is 2.22. The molecule has 0 saturated carbocycles. The molecule has 0 spiro atoms. The first-order chi connectivity index (χ1) is 8.99. The minimum Gasteiger partial charge on any atom is -0.497 e. The van der Waals surface area contributed by atoms with Crippen molar-refractivity contribution in [2.45, 2.75) is 13.3 Å². The second kappa shape index (κ2) is 6.89. The highest BCUT2D eigenvalue weighted by Crippen LogP contribution is 2.32. The maximum atomic E-state index is 13.6. The van der Waals surface area contributed by atoms with Gasteiger partial charge < -0.3 is 15.2 Å². The molecule has 0 saturated heterocycles. The molecule has 0 radical (unpaired) electrons. The number of halogens is 1. The van der Waals surface area contributed by atoms with Crippen molar-refractivity contribution in [1.82, 2.24) is 0 Å². The van der Waals surface area contributed by atoms with E-state index in [2.05, 4.69) is 5.32 Å². The van der Waals surface area contributed by atoms with E-state index >= 15 is 0 Å². The summed E-state index contributed by atoms with van der Waals surface area (Å²) in [6, 6.07) is 2.35. The number of anilines is 1. The number of nitrogens with one attached hydrogen (secondary N) is 1. The Morgan fingerprint density at radius 3 is 2.79 bits per heavy atom. The van der Waals surface area contributed by atoms with Gasteiger partial charge >= 0.3 is 5.69 Å². The first kappa shape index (κ1) is 15.2. The van der Waals surface area contributed by atoms with Crippen molar-refractivity contribution in [3.05, 3.63) is 28.1 Å². The van der Waals surface area contributed by atoms with E-state index < -0.39 is 16.4 Å². The molecule has 1 rings (SSSR count). The van der Waals surface area contributed by atoms with E-state index in [1.54, 1.807) is 0 Å². The molecule has 1 atom stereocenters. The third kappa shape index (κ3) is 4.06. The summed E-state index contributed by atoms with van der Waals surface area (Å²) < 4.78 is 18.5. The van der Waals surface area contributed by atoms with Gasteiger partial charge in [0.25, 0.3) is 0 Å². The fraction of sp³-hybridized carbons (Fsp3) is 0.500. The molecule has 0 aliphatic heterocycles. The van der Waals surface area contributed by atoms with Crippen molar-refractivity contribution in [2.75, 3.05) is 25.6 Å². The molecule has 2 N–H and O–H groups in total. The fourth-order valence-corrected chi connectivity index (χ4v) is 1.62. The van der Waals surface area contributed by atoms with Crippen LogP contribution in [-0.2, 0) is 0 Å². The molecule has 19 heavy (non-hydrogen) atoms. The number of rotatable bonds is 7. The molecule has 0 amide bonds. The van der Waals surface area contributed by atoms with Crippen LogP contribution in [0.25, 0.3) is 0 Å². The Bertz CT molecular complexity index is 454. The number of methoxy groups -OCH3 is 1. The third-order valence-corrected chi connectivity index (χ3v) is 2.72. The van der Waals surface area contributed by atoms with E-state index in [0.29, 0.717) is 13.0 Å². The largest absolute Gasteiger partial charge is 0.497 e. The van der Waals surface area contributed by atoms with Gasteiger partial charge in [0.15, 0.2) is 0 Å². The molecule has 1 unspecified atom stereocenters. The van der Waals surface area contributed by atoms with Crippen molar-refractivity contribution >= 4 is 11.4 Å². The van der Waals surface area contributed by atoms with E-state index in [1.165, 1.54) is 13.2 Å². The van der Waals surface area contributed by atoms with Crippen LogP contribution < -0.4 is 10.1 Å². The Morgan fingerprint density at radius 1 is 1.58 bits per heavy atom. The lowest BCUT2D eigenvalue weighted by Crippen LogP contribution is -2.14. The molecule has 0 aromatic heterocycles. The van der Waals surface area contributed by atoms with Gasteiger partial charge in [-0.3, -0.25) is 10.1 Å². The van der Waals surface area contributed by atoms with Gasteiger partial charge in [-0.25, -0.2) is 0 Å². The summed E-state index contributed by atoms with van der Waals surface area (Å²) in [5, 5.41) is 22.5. The zero-order chi connectivity index (χ0) is 14.4. The van der Waals surface area contributed by atoms with Crippen LogP contribution in [0.4, 0.5) is 15.8 Å².